The summed E-state index contributed by atoms with van der Waals surface area (Å²) in [5.41, 5.74) is 0.553. The van der Waals surface area contributed by atoms with Crippen LogP contribution in [-0.4, -0.2) is 60.5 Å². The molecule has 194 valence electrons. The fourth-order valence-corrected chi connectivity index (χ4v) is 5.79. The van der Waals surface area contributed by atoms with Gasteiger partial charge < -0.3 is 24.4 Å². The second kappa shape index (κ2) is 9.67. The van der Waals surface area contributed by atoms with Crippen LogP contribution in [0, 0.1) is 0 Å². The molecule has 3 aliphatic heterocycles. The van der Waals surface area contributed by atoms with Crippen molar-refractivity contribution in [3.63, 3.8) is 0 Å². The van der Waals surface area contributed by atoms with Gasteiger partial charge in [-0.15, -0.1) is 0 Å². The standard InChI is InChI=1S/C29H32N2O6/c1-4-5-13-30-22-10-7-6-9-21(22)29(28(30)35)24(26(33)27(34)31(29)14-8-15-36-3)25(32)19-11-12-23-20(17-19)16-18(2)37-23/h6-7,9-12,17-18,32H,4-5,8,13-16H2,1-3H3/t18-,29-/m1/s1. The van der Waals surface area contributed by atoms with E-state index in [2.05, 4.69) is 0 Å². The third kappa shape index (κ3) is 3.73. The van der Waals surface area contributed by atoms with Gasteiger partial charge in [-0.1, -0.05) is 31.5 Å². The number of hydrogen-bond acceptors (Lipinski definition) is 6. The van der Waals surface area contributed by atoms with Crippen LogP contribution in [0.1, 0.15) is 49.8 Å². The van der Waals surface area contributed by atoms with Gasteiger partial charge in [-0.05, 0) is 49.6 Å². The molecule has 2 amide bonds. The molecule has 0 aromatic heterocycles. The number of para-hydroxylation sites is 1. The maximum absolute atomic E-state index is 14.4. The summed E-state index contributed by atoms with van der Waals surface area (Å²) in [7, 11) is 1.56. The van der Waals surface area contributed by atoms with Gasteiger partial charge in [-0.3, -0.25) is 14.4 Å². The highest BCUT2D eigenvalue weighted by Gasteiger charge is 2.66. The molecule has 37 heavy (non-hydrogen) atoms. The van der Waals surface area contributed by atoms with Gasteiger partial charge in [0.1, 0.15) is 17.6 Å². The average Bonchev–Trinajstić information content (AvgIpc) is 3.46. The van der Waals surface area contributed by atoms with Crippen molar-refractivity contribution < 1.29 is 29.0 Å². The normalized spacial score (nSPS) is 23.6. The Hall–Kier alpha value is -3.65. The van der Waals surface area contributed by atoms with Gasteiger partial charge in [-0.2, -0.15) is 0 Å². The number of ether oxygens (including phenoxy) is 2. The number of carbonyl (C=O) groups is 3. The Labute approximate surface area is 216 Å². The second-order valence-corrected chi connectivity index (χ2v) is 9.85. The molecule has 0 bridgehead atoms. The van der Waals surface area contributed by atoms with Gasteiger partial charge in [0.25, 0.3) is 17.6 Å². The van der Waals surface area contributed by atoms with E-state index in [0.29, 0.717) is 42.8 Å². The molecule has 1 N–H and O–H groups in total. The van der Waals surface area contributed by atoms with Gasteiger partial charge in [0.15, 0.2) is 5.54 Å². The lowest BCUT2D eigenvalue weighted by molar-refractivity contribution is -0.143. The Morgan fingerprint density at radius 2 is 1.92 bits per heavy atom. The molecule has 1 saturated heterocycles. The number of rotatable bonds is 8. The molecule has 5 rings (SSSR count). The maximum Gasteiger partial charge on any atom is 0.296 e. The fraction of sp³-hybridized carbons (Fsp3) is 0.414. The van der Waals surface area contributed by atoms with Gasteiger partial charge in [0.2, 0.25) is 0 Å². The Kier molecular flexibility index (Phi) is 6.54. The van der Waals surface area contributed by atoms with Crippen molar-refractivity contribution in [2.24, 2.45) is 0 Å². The third-order valence-electron chi connectivity index (χ3n) is 7.44. The number of aliphatic hydroxyl groups excluding tert-OH is 1. The number of benzene rings is 2. The molecular weight excluding hydrogens is 472 g/mol. The summed E-state index contributed by atoms with van der Waals surface area (Å²) in [4.78, 5) is 44.5. The largest absolute Gasteiger partial charge is 0.507 e. The van der Waals surface area contributed by atoms with E-state index in [-0.39, 0.29) is 24.0 Å². The number of Topliss-reactive ketones (excluding diaryl/α,β-unsaturated/α-hetero) is 1. The van der Waals surface area contributed by atoms with E-state index < -0.39 is 23.1 Å². The molecular formula is C29H32N2O6. The number of anilines is 1. The number of aliphatic hydroxyl groups is 1. The van der Waals surface area contributed by atoms with Crippen LogP contribution in [0.25, 0.3) is 5.76 Å². The van der Waals surface area contributed by atoms with Crippen LogP contribution in [0.15, 0.2) is 48.0 Å². The fourth-order valence-electron chi connectivity index (χ4n) is 5.79. The second-order valence-electron chi connectivity index (χ2n) is 9.85. The van der Waals surface area contributed by atoms with Crippen molar-refractivity contribution >= 4 is 29.0 Å². The van der Waals surface area contributed by atoms with E-state index in [1.54, 1.807) is 42.3 Å². The molecule has 3 heterocycles. The van der Waals surface area contributed by atoms with Crippen molar-refractivity contribution in [1.29, 1.82) is 0 Å². The summed E-state index contributed by atoms with van der Waals surface area (Å²) >= 11 is 0. The number of nitrogens with zero attached hydrogens (tertiary/aromatic N) is 2. The highest BCUT2D eigenvalue weighted by atomic mass is 16.5. The van der Waals surface area contributed by atoms with Gasteiger partial charge in [0.05, 0.1) is 11.3 Å². The monoisotopic (exact) mass is 504 g/mol. The lowest BCUT2D eigenvalue weighted by Gasteiger charge is -2.34. The third-order valence-corrected chi connectivity index (χ3v) is 7.44. The van der Waals surface area contributed by atoms with Crippen molar-refractivity contribution in [2.45, 2.75) is 51.2 Å². The number of ketones is 1. The molecule has 1 fully saturated rings. The van der Waals surface area contributed by atoms with E-state index >= 15 is 0 Å². The molecule has 0 radical (unpaired) electrons. The number of likely N-dealkylation sites (tertiary alicyclic amines) is 1. The first-order chi connectivity index (χ1) is 17.9. The summed E-state index contributed by atoms with van der Waals surface area (Å²) < 4.78 is 11.0. The Balaban J connectivity index is 1.74. The molecule has 3 aliphatic rings. The lowest BCUT2D eigenvalue weighted by Crippen LogP contribution is -2.52. The minimum absolute atomic E-state index is 0.00719. The first-order valence-corrected chi connectivity index (χ1v) is 12.9. The van der Waals surface area contributed by atoms with E-state index in [4.69, 9.17) is 9.47 Å². The van der Waals surface area contributed by atoms with E-state index in [1.165, 1.54) is 4.90 Å². The van der Waals surface area contributed by atoms with Crippen LogP contribution in [0.4, 0.5) is 5.69 Å². The SMILES string of the molecule is CCCCN1C(=O)[C@]2(C(=C(O)c3ccc4c(c3)C[C@@H](C)O4)C(=O)C(=O)N2CCCOC)c2ccccc21. The van der Waals surface area contributed by atoms with Crippen molar-refractivity contribution in [2.75, 3.05) is 31.7 Å². The van der Waals surface area contributed by atoms with Crippen LogP contribution < -0.4 is 9.64 Å². The predicted octanol–water partition coefficient (Wildman–Crippen LogP) is 3.77. The first kappa shape index (κ1) is 25.0. The number of amides is 2. The maximum atomic E-state index is 14.4. The first-order valence-electron chi connectivity index (χ1n) is 12.9. The molecule has 8 heteroatoms. The van der Waals surface area contributed by atoms with Crippen LogP contribution in [0.5, 0.6) is 5.75 Å². The topological polar surface area (TPSA) is 96.4 Å². The zero-order valence-corrected chi connectivity index (χ0v) is 21.5. The van der Waals surface area contributed by atoms with Crippen molar-refractivity contribution in [3.05, 3.63) is 64.7 Å². The Morgan fingerprint density at radius 3 is 2.68 bits per heavy atom. The van der Waals surface area contributed by atoms with Crippen LogP contribution in [0.3, 0.4) is 0 Å². The summed E-state index contributed by atoms with van der Waals surface area (Å²) in [6.45, 7) is 4.94. The minimum atomic E-state index is -1.74. The van der Waals surface area contributed by atoms with E-state index in [9.17, 15) is 19.5 Å². The smallest absolute Gasteiger partial charge is 0.296 e. The molecule has 2 aromatic carbocycles. The summed E-state index contributed by atoms with van der Waals surface area (Å²) in [5.74, 6) is -1.67. The molecule has 0 saturated carbocycles. The van der Waals surface area contributed by atoms with Gasteiger partial charge in [-0.25, -0.2) is 0 Å². The van der Waals surface area contributed by atoms with Gasteiger partial charge in [0, 0.05) is 44.4 Å². The Bertz CT molecular complexity index is 1300. The lowest BCUT2D eigenvalue weighted by atomic mass is 9.81. The number of methoxy groups -OCH3 is 1. The molecule has 8 nitrogen and oxygen atoms in total. The van der Waals surface area contributed by atoms with Crippen molar-refractivity contribution in [1.82, 2.24) is 4.90 Å². The molecule has 2 atom stereocenters. The zero-order valence-electron chi connectivity index (χ0n) is 21.5. The predicted molar refractivity (Wildman–Crippen MR) is 138 cm³/mol. The van der Waals surface area contributed by atoms with E-state index in [1.807, 2.05) is 26.0 Å². The molecule has 0 aliphatic carbocycles. The van der Waals surface area contributed by atoms with E-state index in [0.717, 1.165) is 24.2 Å². The molecule has 0 unspecified atom stereocenters. The van der Waals surface area contributed by atoms with Crippen LogP contribution in [-0.2, 0) is 31.1 Å². The zero-order chi connectivity index (χ0) is 26.3. The van der Waals surface area contributed by atoms with Crippen LogP contribution >= 0.6 is 0 Å². The highest BCUT2D eigenvalue weighted by Crippen LogP contribution is 2.53. The summed E-state index contributed by atoms with van der Waals surface area (Å²) in [6, 6.07) is 12.4. The quantitative estimate of drug-likeness (QED) is 0.255. The van der Waals surface area contributed by atoms with Gasteiger partial charge >= 0.3 is 0 Å². The minimum Gasteiger partial charge on any atom is -0.507 e. The Morgan fingerprint density at radius 1 is 1.14 bits per heavy atom. The van der Waals surface area contributed by atoms with Crippen molar-refractivity contribution in [3.8, 4) is 5.75 Å². The highest BCUT2D eigenvalue weighted by molar-refractivity contribution is 6.50. The molecule has 2 aromatic rings. The van der Waals surface area contributed by atoms with Crippen LogP contribution in [0.2, 0.25) is 0 Å². The summed E-state index contributed by atoms with van der Waals surface area (Å²) in [6.07, 6.45) is 2.74. The number of fused-ring (bicyclic) bond motifs is 3. The average molecular weight is 505 g/mol. The number of hydrogen-bond donors (Lipinski definition) is 1. The number of unbranched alkanes of at least 4 members (excludes halogenated alkanes) is 1. The number of carbonyl (C=O) groups excluding carboxylic acids is 3. The molecule has 1 spiro atoms. The summed E-state index contributed by atoms with van der Waals surface area (Å²) in [5, 5.41) is 11.7.